The SMILES string of the molecule is CC1=C2CCNC(c3ccc(-c4cnn(CC56CC7(C)CC(C)(C5)CC(OCCNC(CO)CO)(C7)C6)c4C)c(C(=O)O)n3)=C2N(Nc2nc3ccccc3s2)C=C1. The van der Waals surface area contributed by atoms with Crippen LogP contribution in [0, 0.1) is 23.2 Å². The van der Waals surface area contributed by atoms with Crippen molar-refractivity contribution in [1.82, 2.24) is 35.4 Å². The number of nitrogens with one attached hydrogen (secondary N) is 3. The first kappa shape index (κ1) is 38.9. The van der Waals surface area contributed by atoms with Gasteiger partial charge >= 0.3 is 5.97 Å². The summed E-state index contributed by atoms with van der Waals surface area (Å²) in [4.78, 5) is 22.7. The van der Waals surface area contributed by atoms with E-state index in [0.29, 0.717) is 31.0 Å². The molecule has 0 radical (unpaired) electrons. The zero-order chi connectivity index (χ0) is 40.5. The summed E-state index contributed by atoms with van der Waals surface area (Å²) in [6, 6.07) is 11.5. The smallest absolute Gasteiger partial charge is 0.355 e. The first-order valence-corrected chi connectivity index (χ1v) is 21.3. The molecule has 4 bridgehead atoms. The highest BCUT2D eigenvalue weighted by atomic mass is 32.1. The van der Waals surface area contributed by atoms with Crippen LogP contribution in [0.25, 0.3) is 27.0 Å². The van der Waals surface area contributed by atoms with Gasteiger partial charge in [0.1, 0.15) is 0 Å². The number of fused-ring (bicyclic) bond motifs is 2. The highest BCUT2D eigenvalue weighted by Gasteiger charge is 2.66. The lowest BCUT2D eigenvalue weighted by Crippen LogP contribution is -2.64. The molecule has 2 atom stereocenters. The third-order valence-corrected chi connectivity index (χ3v) is 14.1. The molecule has 0 spiro atoms. The highest BCUT2D eigenvalue weighted by molar-refractivity contribution is 7.22. The standard InChI is InChI=1S/C44H54N8O5S/c1-27-12-15-51(50-40-49-33-7-5-6-8-35(33)58-40)38-30(27)11-13-46-37(38)34-10-9-31(36(48-34)39(55)56)32-17-47-52(28(32)2)26-43-21-41(3)20-42(4,22-43)24-44(23-41,25-43)57-16-14-45-29(18-53)19-54/h5-10,12,15,17,29,45-46,53-54H,11,13-14,16,18-26H2,1-4H3,(H,49,50)(H,55,56). The molecule has 3 aromatic heterocycles. The molecular formula is C44H54N8O5S. The van der Waals surface area contributed by atoms with Gasteiger partial charge in [-0.25, -0.2) is 14.8 Å². The fraction of sp³-hybridized carbons (Fsp3) is 0.500. The third-order valence-electron chi connectivity index (χ3n) is 13.2. The topological polar surface area (TPSA) is 170 Å². The number of anilines is 1. The summed E-state index contributed by atoms with van der Waals surface area (Å²) in [5.74, 6) is -1.09. The zero-order valence-electron chi connectivity index (χ0n) is 33.8. The number of aliphatic hydroxyl groups is 2. The predicted molar refractivity (Wildman–Crippen MR) is 225 cm³/mol. The van der Waals surface area contributed by atoms with Gasteiger partial charge in [-0.3, -0.25) is 15.1 Å². The first-order chi connectivity index (χ1) is 27.8. The van der Waals surface area contributed by atoms with Crippen molar-refractivity contribution in [2.45, 2.75) is 90.8 Å². The van der Waals surface area contributed by atoms with Crippen molar-refractivity contribution in [2.24, 2.45) is 16.2 Å². The number of aromatic carboxylic acids is 1. The van der Waals surface area contributed by atoms with Crippen molar-refractivity contribution in [2.75, 3.05) is 38.3 Å². The Bertz CT molecular complexity index is 2310. The van der Waals surface area contributed by atoms with Gasteiger partial charge in [0.15, 0.2) is 5.69 Å². The number of aromatic nitrogens is 4. The number of hydrazine groups is 1. The second kappa shape index (κ2) is 14.6. The van der Waals surface area contributed by atoms with Crippen molar-refractivity contribution in [3.63, 3.8) is 0 Å². The van der Waals surface area contributed by atoms with E-state index in [1.165, 1.54) is 6.42 Å². The molecule has 4 fully saturated rings. The Kier molecular flexibility index (Phi) is 9.79. The monoisotopic (exact) mass is 806 g/mol. The number of carboxylic acid groups (broad SMARTS) is 1. The van der Waals surface area contributed by atoms with Crippen molar-refractivity contribution in [3.8, 4) is 11.1 Å². The third kappa shape index (κ3) is 7.02. The van der Waals surface area contributed by atoms with Crippen LogP contribution in [-0.4, -0.2) is 90.6 Å². The summed E-state index contributed by atoms with van der Waals surface area (Å²) >= 11 is 1.58. The summed E-state index contributed by atoms with van der Waals surface area (Å²) in [5, 5.41) is 44.1. The minimum atomic E-state index is -1.09. The quantitative estimate of drug-likeness (QED) is 0.0769. The molecule has 4 aromatic rings. The number of allylic oxidation sites excluding steroid dienone is 3. The van der Waals surface area contributed by atoms with Crippen molar-refractivity contribution < 1.29 is 24.9 Å². The van der Waals surface area contributed by atoms with E-state index < -0.39 is 5.97 Å². The molecule has 58 heavy (non-hydrogen) atoms. The molecule has 10 rings (SSSR count). The number of rotatable bonds is 14. The van der Waals surface area contributed by atoms with Gasteiger partial charge in [0.05, 0.1) is 65.0 Å². The van der Waals surface area contributed by atoms with Crippen molar-refractivity contribution in [1.29, 1.82) is 0 Å². The highest BCUT2D eigenvalue weighted by Crippen LogP contribution is 2.72. The van der Waals surface area contributed by atoms with Crippen LogP contribution in [0.1, 0.15) is 87.6 Å². The van der Waals surface area contributed by atoms with E-state index >= 15 is 0 Å². The molecule has 6 aliphatic rings. The van der Waals surface area contributed by atoms with Gasteiger partial charge in [-0.15, -0.1) is 0 Å². The van der Waals surface area contributed by atoms with Crippen LogP contribution < -0.4 is 16.1 Å². The van der Waals surface area contributed by atoms with Gasteiger partial charge < -0.3 is 30.7 Å². The number of carboxylic acids is 1. The van der Waals surface area contributed by atoms with Gasteiger partial charge in [0, 0.05) is 42.7 Å². The second-order valence-corrected chi connectivity index (χ2v) is 19.3. The molecule has 1 aromatic carbocycles. The number of hydrogen-bond donors (Lipinski definition) is 6. The molecule has 306 valence electrons. The fourth-order valence-corrected chi connectivity index (χ4v) is 12.9. The average molecular weight is 807 g/mol. The number of thiazole rings is 1. The van der Waals surface area contributed by atoms with E-state index in [1.54, 1.807) is 17.5 Å². The zero-order valence-corrected chi connectivity index (χ0v) is 34.6. The number of aliphatic hydroxyl groups excluding tert-OH is 2. The number of benzene rings is 1. The lowest BCUT2D eigenvalue weighted by Gasteiger charge is -2.69. The summed E-state index contributed by atoms with van der Waals surface area (Å²) in [6.45, 7) is 11.3. The maximum Gasteiger partial charge on any atom is 0.355 e. The van der Waals surface area contributed by atoms with Crippen LogP contribution in [-0.2, 0) is 11.3 Å². The summed E-state index contributed by atoms with van der Waals surface area (Å²) in [5.41, 5.74) is 11.2. The Morgan fingerprint density at radius 2 is 1.78 bits per heavy atom. The molecule has 0 amide bonds. The lowest BCUT2D eigenvalue weighted by molar-refractivity contribution is -0.247. The molecule has 4 aliphatic carbocycles. The molecule has 14 heteroatoms. The Morgan fingerprint density at radius 1 is 1.00 bits per heavy atom. The maximum absolute atomic E-state index is 13.0. The van der Waals surface area contributed by atoms with E-state index in [2.05, 4.69) is 53.7 Å². The van der Waals surface area contributed by atoms with E-state index in [4.69, 9.17) is 19.8 Å². The van der Waals surface area contributed by atoms with Crippen molar-refractivity contribution in [3.05, 3.63) is 88.8 Å². The fourth-order valence-electron chi connectivity index (χ4n) is 12.0. The molecule has 0 saturated heterocycles. The van der Waals surface area contributed by atoms with Crippen LogP contribution in [0.4, 0.5) is 5.13 Å². The Morgan fingerprint density at radius 3 is 2.52 bits per heavy atom. The summed E-state index contributed by atoms with van der Waals surface area (Å²) < 4.78 is 9.99. The Hall–Kier alpha value is -4.60. The van der Waals surface area contributed by atoms with Crippen LogP contribution in [0.2, 0.25) is 0 Å². The van der Waals surface area contributed by atoms with Crippen LogP contribution in [0.15, 0.2) is 71.7 Å². The van der Waals surface area contributed by atoms with Crippen LogP contribution in [0.3, 0.4) is 0 Å². The molecule has 2 aliphatic heterocycles. The van der Waals surface area contributed by atoms with Crippen LogP contribution >= 0.6 is 11.3 Å². The normalized spacial score (nSPS) is 27.5. The number of pyridine rings is 1. The van der Waals surface area contributed by atoms with Gasteiger partial charge in [-0.2, -0.15) is 5.10 Å². The number of carbonyl (C=O) groups is 1. The second-order valence-electron chi connectivity index (χ2n) is 18.3. The average Bonchev–Trinajstić information content (AvgIpc) is 3.75. The van der Waals surface area contributed by atoms with Crippen LogP contribution in [0.5, 0.6) is 0 Å². The molecule has 6 N–H and O–H groups in total. The van der Waals surface area contributed by atoms with Crippen molar-refractivity contribution >= 4 is 38.4 Å². The summed E-state index contributed by atoms with van der Waals surface area (Å²) in [6.07, 6.45) is 13.1. The molecule has 5 heterocycles. The largest absolute Gasteiger partial charge is 0.476 e. The molecule has 13 nitrogen and oxygen atoms in total. The molecule has 4 saturated carbocycles. The van der Waals surface area contributed by atoms with E-state index in [1.807, 2.05) is 48.5 Å². The first-order valence-electron chi connectivity index (χ1n) is 20.5. The van der Waals surface area contributed by atoms with E-state index in [-0.39, 0.29) is 46.8 Å². The predicted octanol–water partition coefficient (Wildman–Crippen LogP) is 6.47. The molecule has 2 unspecified atom stereocenters. The summed E-state index contributed by atoms with van der Waals surface area (Å²) in [7, 11) is 0. The van der Waals surface area contributed by atoms with Gasteiger partial charge in [-0.05, 0) is 117 Å². The number of hydrogen-bond acceptors (Lipinski definition) is 12. The lowest BCUT2D eigenvalue weighted by atomic mass is 9.39. The minimum Gasteiger partial charge on any atom is -0.476 e. The van der Waals surface area contributed by atoms with Gasteiger partial charge in [-0.1, -0.05) is 37.3 Å². The Balaban J connectivity index is 1.00. The number of ether oxygens (including phenoxy) is 1. The Labute approximate surface area is 342 Å². The maximum atomic E-state index is 13.0. The van der Waals surface area contributed by atoms with E-state index in [9.17, 15) is 20.1 Å². The number of para-hydroxylation sites is 1. The molecular weight excluding hydrogens is 753 g/mol. The van der Waals surface area contributed by atoms with Gasteiger partial charge in [0.2, 0.25) is 5.13 Å². The van der Waals surface area contributed by atoms with E-state index in [0.717, 1.165) is 94.2 Å². The van der Waals surface area contributed by atoms with Gasteiger partial charge in [0.25, 0.3) is 0 Å². The minimum absolute atomic E-state index is 0.0136. The number of nitrogens with zero attached hydrogens (tertiary/aromatic N) is 5.